The number of carbonyl (C=O) groups excluding carboxylic acids is 1. The fraction of sp³-hybridized carbons (Fsp3) is 0.286. The van der Waals surface area contributed by atoms with Crippen LogP contribution in [0.1, 0.15) is 37.8 Å². The predicted molar refractivity (Wildman–Crippen MR) is 109 cm³/mol. The van der Waals surface area contributed by atoms with Gasteiger partial charge in [0.1, 0.15) is 10.8 Å². The smallest absolute Gasteiger partial charge is 0.266 e. The minimum atomic E-state index is -0.642. The number of hydrogen-bond donors (Lipinski definition) is 1. The Morgan fingerprint density at radius 1 is 1.04 bits per heavy atom. The number of rotatable bonds is 6. The number of carbonyl (C=O) groups is 1. The maximum absolute atomic E-state index is 12.5. The highest BCUT2D eigenvalue weighted by Gasteiger charge is 2.19. The van der Waals surface area contributed by atoms with Crippen LogP contribution in [0.2, 0.25) is 0 Å². The van der Waals surface area contributed by atoms with Crippen LogP contribution < -0.4 is 10.1 Å². The Balaban J connectivity index is 1.66. The van der Waals surface area contributed by atoms with Crippen LogP contribution in [0.4, 0.5) is 5.13 Å². The molecule has 1 unspecified atom stereocenters. The van der Waals surface area contributed by atoms with Crippen LogP contribution in [0.25, 0.3) is 10.6 Å². The van der Waals surface area contributed by atoms with Crippen LogP contribution in [-0.2, 0) is 4.79 Å². The second-order valence-electron chi connectivity index (χ2n) is 6.72. The van der Waals surface area contributed by atoms with E-state index in [9.17, 15) is 4.79 Å². The summed E-state index contributed by atoms with van der Waals surface area (Å²) in [6, 6.07) is 15.8. The predicted octanol–water partition coefficient (Wildman–Crippen LogP) is 5.04. The summed E-state index contributed by atoms with van der Waals surface area (Å²) in [6.07, 6.45) is -0.642. The van der Waals surface area contributed by atoms with Gasteiger partial charge in [-0.05, 0) is 31.4 Å². The molecule has 2 aromatic carbocycles. The highest BCUT2D eigenvalue weighted by atomic mass is 32.1. The summed E-state index contributed by atoms with van der Waals surface area (Å²) in [7, 11) is 0. The minimum absolute atomic E-state index is 0.250. The highest BCUT2D eigenvalue weighted by Crippen LogP contribution is 2.28. The number of aryl methyl sites for hydroxylation is 1. The fourth-order valence-corrected chi connectivity index (χ4v) is 3.35. The van der Waals surface area contributed by atoms with Crippen molar-refractivity contribution in [3.63, 3.8) is 0 Å². The summed E-state index contributed by atoms with van der Waals surface area (Å²) in [5.41, 5.74) is 3.24. The van der Waals surface area contributed by atoms with Gasteiger partial charge in [-0.3, -0.25) is 10.1 Å². The molecule has 0 aliphatic carbocycles. The van der Waals surface area contributed by atoms with E-state index < -0.39 is 6.10 Å². The first-order valence-electron chi connectivity index (χ1n) is 8.91. The van der Waals surface area contributed by atoms with Gasteiger partial charge >= 0.3 is 0 Å². The van der Waals surface area contributed by atoms with E-state index in [1.165, 1.54) is 16.9 Å². The van der Waals surface area contributed by atoms with Gasteiger partial charge < -0.3 is 4.74 Å². The van der Waals surface area contributed by atoms with E-state index in [0.717, 1.165) is 21.9 Å². The molecule has 5 nitrogen and oxygen atoms in total. The molecule has 1 amide bonds. The van der Waals surface area contributed by atoms with E-state index in [2.05, 4.69) is 29.4 Å². The van der Waals surface area contributed by atoms with Crippen molar-refractivity contribution in [1.29, 1.82) is 0 Å². The lowest BCUT2D eigenvalue weighted by Gasteiger charge is -2.18. The summed E-state index contributed by atoms with van der Waals surface area (Å²) in [6.45, 7) is 7.96. The van der Waals surface area contributed by atoms with Gasteiger partial charge in [0.25, 0.3) is 5.91 Å². The van der Waals surface area contributed by atoms with Crippen molar-refractivity contribution in [2.45, 2.75) is 39.7 Å². The van der Waals surface area contributed by atoms with Crippen LogP contribution in [0.5, 0.6) is 5.75 Å². The minimum Gasteiger partial charge on any atom is -0.481 e. The van der Waals surface area contributed by atoms with E-state index in [1.54, 1.807) is 6.92 Å². The lowest BCUT2D eigenvalue weighted by atomic mass is 10.0. The second-order valence-corrected chi connectivity index (χ2v) is 7.70. The Kier molecular flexibility index (Phi) is 5.86. The standard InChI is InChI=1S/C21H23N3O2S/c1-13(2)17-7-5-6-8-18(17)26-15(4)19(25)22-21-24-23-20(27-21)16-11-9-14(3)10-12-16/h5-13,15H,1-4H3,(H,22,24,25). The monoisotopic (exact) mass is 381 g/mol. The largest absolute Gasteiger partial charge is 0.481 e. The van der Waals surface area contributed by atoms with Crippen molar-refractivity contribution in [2.75, 3.05) is 5.32 Å². The van der Waals surface area contributed by atoms with Crippen molar-refractivity contribution >= 4 is 22.4 Å². The van der Waals surface area contributed by atoms with E-state index in [4.69, 9.17) is 4.74 Å². The fourth-order valence-electron chi connectivity index (χ4n) is 2.60. The molecular formula is C21H23N3O2S. The van der Waals surface area contributed by atoms with Crippen LogP contribution in [-0.4, -0.2) is 22.2 Å². The quantitative estimate of drug-likeness (QED) is 0.649. The number of ether oxygens (including phenoxy) is 1. The molecule has 0 aliphatic rings. The van der Waals surface area contributed by atoms with Crippen LogP contribution in [0, 0.1) is 6.92 Å². The van der Waals surface area contributed by atoms with Gasteiger partial charge in [0.05, 0.1) is 0 Å². The number of nitrogens with zero attached hydrogens (tertiary/aromatic N) is 2. The van der Waals surface area contributed by atoms with Crippen molar-refractivity contribution in [1.82, 2.24) is 10.2 Å². The van der Waals surface area contributed by atoms with Gasteiger partial charge in [-0.25, -0.2) is 0 Å². The molecule has 0 saturated carbocycles. The maximum atomic E-state index is 12.5. The van der Waals surface area contributed by atoms with Crippen molar-refractivity contribution in [3.8, 4) is 16.3 Å². The number of nitrogens with one attached hydrogen (secondary N) is 1. The van der Waals surface area contributed by atoms with Gasteiger partial charge in [-0.2, -0.15) is 0 Å². The first-order valence-corrected chi connectivity index (χ1v) is 9.72. The van der Waals surface area contributed by atoms with E-state index >= 15 is 0 Å². The van der Waals surface area contributed by atoms with Gasteiger partial charge in [0.2, 0.25) is 5.13 Å². The number of para-hydroxylation sites is 1. The molecule has 0 fully saturated rings. The molecule has 0 aliphatic heterocycles. The highest BCUT2D eigenvalue weighted by molar-refractivity contribution is 7.18. The molecule has 140 valence electrons. The number of aromatic nitrogens is 2. The van der Waals surface area contributed by atoms with Crippen molar-refractivity contribution < 1.29 is 9.53 Å². The van der Waals surface area contributed by atoms with Crippen molar-refractivity contribution in [2.24, 2.45) is 0 Å². The summed E-state index contributed by atoms with van der Waals surface area (Å²) in [4.78, 5) is 12.5. The summed E-state index contributed by atoms with van der Waals surface area (Å²) >= 11 is 1.34. The molecule has 1 heterocycles. The zero-order valence-electron chi connectivity index (χ0n) is 15.9. The maximum Gasteiger partial charge on any atom is 0.266 e. The summed E-state index contributed by atoms with van der Waals surface area (Å²) in [5.74, 6) is 0.796. The third kappa shape index (κ3) is 4.71. The molecule has 0 saturated heterocycles. The molecule has 0 spiro atoms. The Labute approximate surface area is 163 Å². The molecule has 3 rings (SSSR count). The summed E-state index contributed by atoms with van der Waals surface area (Å²) < 4.78 is 5.89. The normalized spacial score (nSPS) is 12.0. The molecule has 1 N–H and O–H groups in total. The number of amides is 1. The van der Waals surface area contributed by atoms with Gasteiger partial charge in [0, 0.05) is 5.56 Å². The lowest BCUT2D eigenvalue weighted by molar-refractivity contribution is -0.122. The molecule has 1 aromatic heterocycles. The zero-order chi connectivity index (χ0) is 19.4. The van der Waals surface area contributed by atoms with E-state index in [1.807, 2.05) is 55.5 Å². The van der Waals surface area contributed by atoms with Gasteiger partial charge in [0.15, 0.2) is 6.10 Å². The molecular weight excluding hydrogens is 358 g/mol. The molecule has 3 aromatic rings. The van der Waals surface area contributed by atoms with Gasteiger partial charge in [-0.1, -0.05) is 73.2 Å². The van der Waals surface area contributed by atoms with E-state index in [-0.39, 0.29) is 5.91 Å². The molecule has 1 atom stereocenters. The van der Waals surface area contributed by atoms with Crippen LogP contribution in [0.15, 0.2) is 48.5 Å². The average molecular weight is 382 g/mol. The average Bonchev–Trinajstić information content (AvgIpc) is 3.11. The molecule has 6 heteroatoms. The van der Waals surface area contributed by atoms with Gasteiger partial charge in [-0.15, -0.1) is 10.2 Å². The van der Waals surface area contributed by atoms with Crippen molar-refractivity contribution in [3.05, 3.63) is 59.7 Å². The zero-order valence-corrected chi connectivity index (χ0v) is 16.7. The Bertz CT molecular complexity index is 919. The Hall–Kier alpha value is -2.73. The Morgan fingerprint density at radius 3 is 2.44 bits per heavy atom. The number of anilines is 1. The first-order chi connectivity index (χ1) is 12.9. The SMILES string of the molecule is Cc1ccc(-c2nnc(NC(=O)C(C)Oc3ccccc3C(C)C)s2)cc1. The number of benzene rings is 2. The Morgan fingerprint density at radius 2 is 1.74 bits per heavy atom. The third-order valence-corrected chi connectivity index (χ3v) is 5.06. The lowest BCUT2D eigenvalue weighted by Crippen LogP contribution is -2.30. The summed E-state index contributed by atoms with van der Waals surface area (Å²) in [5, 5.41) is 12.3. The number of hydrogen-bond acceptors (Lipinski definition) is 5. The van der Waals surface area contributed by atoms with Crippen LogP contribution in [0.3, 0.4) is 0 Å². The van der Waals surface area contributed by atoms with Crippen LogP contribution >= 0.6 is 11.3 Å². The molecule has 0 bridgehead atoms. The molecule has 27 heavy (non-hydrogen) atoms. The van der Waals surface area contributed by atoms with E-state index in [0.29, 0.717) is 11.0 Å². The topological polar surface area (TPSA) is 64.1 Å². The molecule has 0 radical (unpaired) electrons. The third-order valence-electron chi connectivity index (χ3n) is 4.17. The first kappa shape index (κ1) is 19.0. The second kappa shape index (κ2) is 8.31.